The zero-order chi connectivity index (χ0) is 24.4. The van der Waals surface area contributed by atoms with Gasteiger partial charge in [0.25, 0.3) is 0 Å². The van der Waals surface area contributed by atoms with Gasteiger partial charge in [-0.25, -0.2) is 0 Å². The zero-order valence-electron chi connectivity index (χ0n) is 20.9. The summed E-state index contributed by atoms with van der Waals surface area (Å²) >= 11 is 0. The summed E-state index contributed by atoms with van der Waals surface area (Å²) in [5.74, 6) is 1.25. The maximum atomic E-state index is 6.98. The number of benzene rings is 3. The molecule has 36 heavy (non-hydrogen) atoms. The van der Waals surface area contributed by atoms with Gasteiger partial charge in [0, 0.05) is 35.9 Å². The predicted octanol–water partition coefficient (Wildman–Crippen LogP) is 7.10. The number of rotatable bonds is 8. The van der Waals surface area contributed by atoms with Crippen molar-refractivity contribution in [2.75, 3.05) is 13.1 Å². The van der Waals surface area contributed by atoms with E-state index in [4.69, 9.17) is 4.74 Å². The summed E-state index contributed by atoms with van der Waals surface area (Å²) < 4.78 is 8.04. The van der Waals surface area contributed by atoms with Crippen molar-refractivity contribution >= 4 is 10.9 Å². The Bertz CT molecular complexity index is 1320. The minimum absolute atomic E-state index is 0.00427. The van der Waals surface area contributed by atoms with Gasteiger partial charge in [-0.2, -0.15) is 0 Å². The summed E-state index contributed by atoms with van der Waals surface area (Å²) in [6, 6.07) is 32.7. The number of hydrogen-bond donors (Lipinski definition) is 0. The lowest BCUT2D eigenvalue weighted by Gasteiger charge is -2.58. The third-order valence-corrected chi connectivity index (χ3v) is 8.63. The molecule has 182 valence electrons. The van der Waals surface area contributed by atoms with Gasteiger partial charge in [-0.1, -0.05) is 84.9 Å². The van der Waals surface area contributed by atoms with E-state index >= 15 is 0 Å². The van der Waals surface area contributed by atoms with Crippen LogP contribution in [0.5, 0.6) is 0 Å². The fraction of sp³-hybridized carbons (Fsp3) is 0.303. The first-order valence-corrected chi connectivity index (χ1v) is 13.3. The van der Waals surface area contributed by atoms with E-state index in [1.807, 2.05) is 6.20 Å². The third-order valence-electron chi connectivity index (χ3n) is 8.63. The molecule has 1 aromatic heterocycles. The van der Waals surface area contributed by atoms with Gasteiger partial charge in [-0.15, -0.1) is 6.58 Å². The molecule has 7 rings (SSSR count). The average Bonchev–Trinajstić information content (AvgIpc) is 2.94. The molecule has 3 aromatic carbocycles. The lowest BCUT2D eigenvalue weighted by Crippen LogP contribution is -2.67. The largest absolute Gasteiger partial charge is 0.363 e. The summed E-state index contributed by atoms with van der Waals surface area (Å²) in [7, 11) is 0. The molecule has 0 aliphatic carbocycles. The van der Waals surface area contributed by atoms with Crippen LogP contribution in [0.3, 0.4) is 0 Å². The number of pyridine rings is 1. The van der Waals surface area contributed by atoms with Crippen molar-refractivity contribution in [2.24, 2.45) is 11.8 Å². The lowest BCUT2D eigenvalue weighted by molar-refractivity contribution is -0.985. The van der Waals surface area contributed by atoms with E-state index in [2.05, 4.69) is 109 Å². The van der Waals surface area contributed by atoms with Crippen LogP contribution in [-0.4, -0.2) is 28.6 Å². The first kappa shape index (κ1) is 23.1. The fourth-order valence-corrected chi connectivity index (χ4v) is 6.85. The quantitative estimate of drug-likeness (QED) is 0.200. The van der Waals surface area contributed by atoms with Crippen LogP contribution in [0, 0.1) is 11.8 Å². The minimum atomic E-state index is -0.00427. The molecular formula is C33H35N2O+. The Kier molecular flexibility index (Phi) is 6.43. The van der Waals surface area contributed by atoms with Crippen LogP contribution in [-0.2, 0) is 17.9 Å². The summed E-state index contributed by atoms with van der Waals surface area (Å²) in [5, 5.41) is 1.21. The van der Waals surface area contributed by atoms with E-state index in [9.17, 15) is 0 Å². The minimum Gasteiger partial charge on any atom is -0.363 e. The number of fused-ring (bicyclic) bond motifs is 4. The van der Waals surface area contributed by atoms with Crippen LogP contribution in [0.1, 0.15) is 35.6 Å². The first-order valence-electron chi connectivity index (χ1n) is 13.3. The summed E-state index contributed by atoms with van der Waals surface area (Å²) in [6.45, 7) is 8.22. The summed E-state index contributed by atoms with van der Waals surface area (Å²) in [5.41, 5.74) is 4.94. The van der Waals surface area contributed by atoms with Crippen LogP contribution in [0.4, 0.5) is 0 Å². The highest BCUT2D eigenvalue weighted by Gasteiger charge is 2.54. The SMILES string of the molecule is C=CC1C[N+]2(Cc3ccccc3)CCC1C[C@H]2[C@H](OCc1ccccc1)c1ccnc2ccccc12. The molecule has 2 bridgehead atoms. The van der Waals surface area contributed by atoms with Crippen LogP contribution in [0.2, 0.25) is 0 Å². The zero-order valence-corrected chi connectivity index (χ0v) is 20.9. The summed E-state index contributed by atoms with van der Waals surface area (Å²) in [4.78, 5) is 4.67. The van der Waals surface area contributed by atoms with E-state index in [1.165, 1.54) is 41.5 Å². The van der Waals surface area contributed by atoms with E-state index in [1.54, 1.807) is 0 Å². The Labute approximate surface area is 214 Å². The van der Waals surface area contributed by atoms with Crippen molar-refractivity contribution in [3.8, 4) is 0 Å². The highest BCUT2D eigenvalue weighted by atomic mass is 16.5. The summed E-state index contributed by atoms with van der Waals surface area (Å²) in [6.07, 6.45) is 6.61. The molecule has 3 saturated heterocycles. The molecule has 4 aromatic rings. The van der Waals surface area contributed by atoms with Crippen molar-refractivity contribution in [1.82, 2.24) is 4.98 Å². The van der Waals surface area contributed by atoms with Gasteiger partial charge in [-0.05, 0) is 29.2 Å². The van der Waals surface area contributed by atoms with Crippen LogP contribution < -0.4 is 0 Å². The third kappa shape index (κ3) is 4.38. The number of ether oxygens (including phenoxy) is 1. The molecule has 0 amide bonds. The number of quaternary nitrogens is 1. The molecule has 3 aliphatic heterocycles. The Morgan fingerprint density at radius 1 is 0.917 bits per heavy atom. The van der Waals surface area contributed by atoms with Crippen molar-refractivity contribution in [1.29, 1.82) is 0 Å². The monoisotopic (exact) mass is 475 g/mol. The van der Waals surface area contributed by atoms with Gasteiger partial charge >= 0.3 is 0 Å². The highest BCUT2D eigenvalue weighted by molar-refractivity contribution is 5.82. The van der Waals surface area contributed by atoms with Gasteiger partial charge in [0.05, 0.1) is 25.2 Å². The van der Waals surface area contributed by atoms with Crippen molar-refractivity contribution in [3.63, 3.8) is 0 Å². The van der Waals surface area contributed by atoms with Crippen molar-refractivity contribution in [3.05, 3.63) is 127 Å². The molecule has 3 nitrogen and oxygen atoms in total. The number of para-hydroxylation sites is 1. The molecule has 3 aliphatic rings. The Morgan fingerprint density at radius 2 is 1.64 bits per heavy atom. The van der Waals surface area contributed by atoms with Gasteiger partial charge in [0.15, 0.2) is 0 Å². The van der Waals surface area contributed by atoms with Gasteiger partial charge < -0.3 is 9.22 Å². The Hall–Kier alpha value is -3.27. The molecule has 0 spiro atoms. The maximum Gasteiger partial charge on any atom is 0.135 e. The molecule has 3 unspecified atom stereocenters. The molecular weight excluding hydrogens is 440 g/mol. The highest BCUT2D eigenvalue weighted by Crippen LogP contribution is 2.49. The van der Waals surface area contributed by atoms with E-state index in [0.29, 0.717) is 24.5 Å². The fourth-order valence-electron chi connectivity index (χ4n) is 6.85. The van der Waals surface area contributed by atoms with Crippen LogP contribution >= 0.6 is 0 Å². The van der Waals surface area contributed by atoms with Crippen LogP contribution in [0.15, 0.2) is 110 Å². The Morgan fingerprint density at radius 3 is 2.42 bits per heavy atom. The normalized spacial score (nSPS) is 26.1. The average molecular weight is 476 g/mol. The Balaban J connectivity index is 1.44. The van der Waals surface area contributed by atoms with Gasteiger partial charge in [0.1, 0.15) is 18.7 Å². The lowest BCUT2D eigenvalue weighted by atomic mass is 9.71. The van der Waals surface area contributed by atoms with Gasteiger partial charge in [-0.3, -0.25) is 4.98 Å². The molecule has 0 saturated carbocycles. The second-order valence-electron chi connectivity index (χ2n) is 10.7. The van der Waals surface area contributed by atoms with E-state index in [-0.39, 0.29) is 6.10 Å². The number of nitrogens with zero attached hydrogens (tertiary/aromatic N) is 2. The van der Waals surface area contributed by atoms with Gasteiger partial charge in [0.2, 0.25) is 0 Å². The smallest absolute Gasteiger partial charge is 0.135 e. The number of hydrogen-bond acceptors (Lipinski definition) is 2. The maximum absolute atomic E-state index is 6.98. The van der Waals surface area contributed by atoms with Crippen molar-refractivity contribution < 1.29 is 9.22 Å². The van der Waals surface area contributed by atoms with Crippen molar-refractivity contribution in [2.45, 2.75) is 38.1 Å². The molecule has 0 radical (unpaired) electrons. The first-order chi connectivity index (χ1) is 17.8. The molecule has 0 N–H and O–H groups in total. The van der Waals surface area contributed by atoms with Crippen LogP contribution in [0.25, 0.3) is 10.9 Å². The molecule has 5 atom stereocenters. The molecule has 3 fully saturated rings. The molecule has 3 heteroatoms. The molecule has 4 heterocycles. The number of piperidine rings is 3. The standard InChI is InChI=1S/C33H35N2O/c1-2-27-23-35(22-25-11-5-3-6-12-25)20-18-28(27)21-32(35)33(36-24-26-13-7-4-8-14-26)30-17-19-34-31-16-10-9-15-29(30)31/h2-17,19,27-28,32-33H,1,18,20-24H2/q+1/t27?,28?,32-,33+,35?/m0/s1. The van der Waals surface area contributed by atoms with E-state index < -0.39 is 0 Å². The second kappa shape index (κ2) is 10.0. The van der Waals surface area contributed by atoms with E-state index in [0.717, 1.165) is 23.1 Å². The topological polar surface area (TPSA) is 22.1 Å². The number of aromatic nitrogens is 1. The second-order valence-corrected chi connectivity index (χ2v) is 10.7. The predicted molar refractivity (Wildman–Crippen MR) is 146 cm³/mol.